The molecule has 0 atom stereocenters. The molecule has 1 N–H and O–H groups in total. The minimum absolute atomic E-state index is 0.0267. The number of nitrogens with zero attached hydrogens (tertiary/aromatic N) is 1. The van der Waals surface area contributed by atoms with Crippen LogP contribution in [-0.2, 0) is 17.5 Å². The highest BCUT2D eigenvalue weighted by Crippen LogP contribution is 2.11. The smallest absolute Gasteiger partial charge is 0.423 e. The fourth-order valence-corrected chi connectivity index (χ4v) is 2.49. The van der Waals surface area contributed by atoms with Crippen LogP contribution in [0.25, 0.3) is 0 Å². The molecule has 1 aliphatic rings. The van der Waals surface area contributed by atoms with Crippen LogP contribution in [0.15, 0.2) is 36.5 Å². The van der Waals surface area contributed by atoms with Crippen LogP contribution in [0.2, 0.25) is 0 Å². The quantitative estimate of drug-likeness (QED) is 0.675. The number of fused-ring (bicyclic) bond motifs is 1. The number of hydrogen-bond acceptors (Lipinski definition) is 4. The second-order valence-electron chi connectivity index (χ2n) is 5.33. The summed E-state index contributed by atoms with van der Waals surface area (Å²) in [5, 5.41) is 9.85. The molecule has 4 nitrogen and oxygen atoms in total. The lowest BCUT2D eigenvalue weighted by Crippen LogP contribution is -2.41. The van der Waals surface area contributed by atoms with Gasteiger partial charge < -0.3 is 9.68 Å². The van der Waals surface area contributed by atoms with Crippen LogP contribution in [0, 0.1) is 6.92 Å². The van der Waals surface area contributed by atoms with Crippen LogP contribution in [0.4, 0.5) is 0 Å². The van der Waals surface area contributed by atoms with Gasteiger partial charge in [0.25, 0.3) is 0 Å². The minimum Gasteiger partial charge on any atom is -0.423 e. The molecule has 0 saturated carbocycles. The average molecular weight is 281 g/mol. The molecule has 3 rings (SSSR count). The van der Waals surface area contributed by atoms with Crippen molar-refractivity contribution in [2.45, 2.75) is 19.8 Å². The van der Waals surface area contributed by atoms with Gasteiger partial charge in [-0.15, -0.1) is 0 Å². The Hall–Kier alpha value is -1.98. The lowest BCUT2D eigenvalue weighted by Gasteiger charge is -2.19. The Balaban J connectivity index is 1.80. The van der Waals surface area contributed by atoms with Gasteiger partial charge in [-0.2, -0.15) is 0 Å². The zero-order valence-corrected chi connectivity index (χ0v) is 11.9. The second kappa shape index (κ2) is 5.80. The van der Waals surface area contributed by atoms with Crippen molar-refractivity contribution in [2.24, 2.45) is 0 Å². The largest absolute Gasteiger partial charge is 0.491 e. The lowest BCUT2D eigenvalue weighted by atomic mass is 9.73. The van der Waals surface area contributed by atoms with Gasteiger partial charge in [0.15, 0.2) is 5.78 Å². The van der Waals surface area contributed by atoms with Crippen LogP contribution in [0.3, 0.4) is 0 Å². The van der Waals surface area contributed by atoms with Gasteiger partial charge in [-0.1, -0.05) is 24.3 Å². The number of hydrogen-bond donors (Lipinski definition) is 1. The first kappa shape index (κ1) is 14.0. The summed E-state index contributed by atoms with van der Waals surface area (Å²) in [5.74, 6) is -0.0267. The summed E-state index contributed by atoms with van der Waals surface area (Å²) in [6.07, 6.45) is 2.76. The number of rotatable bonds is 3. The molecule has 0 fully saturated rings. The van der Waals surface area contributed by atoms with Gasteiger partial charge in [-0.05, 0) is 41.6 Å². The standard InChI is InChI=1S/C16H16BNO3/c1-11-2-5-15(18-10-11)16(19)9-12-3-4-13-6-7-21-17(20)14(13)8-12/h2-5,8,10,20H,6-7,9H2,1H3. The summed E-state index contributed by atoms with van der Waals surface area (Å²) in [6, 6.07) is 9.37. The van der Waals surface area contributed by atoms with Crippen LogP contribution >= 0.6 is 0 Å². The Kier molecular flexibility index (Phi) is 3.86. The Bertz CT molecular complexity index is 670. The summed E-state index contributed by atoms with van der Waals surface area (Å²) in [5.41, 5.74) is 4.21. The second-order valence-corrected chi connectivity index (χ2v) is 5.33. The zero-order chi connectivity index (χ0) is 14.8. The number of pyridine rings is 1. The fraction of sp³-hybridized carbons (Fsp3) is 0.250. The zero-order valence-electron chi connectivity index (χ0n) is 11.9. The first-order valence-electron chi connectivity index (χ1n) is 7.01. The predicted molar refractivity (Wildman–Crippen MR) is 80.7 cm³/mol. The van der Waals surface area contributed by atoms with E-state index in [1.54, 1.807) is 12.3 Å². The van der Waals surface area contributed by atoms with Crippen molar-refractivity contribution in [3.8, 4) is 0 Å². The maximum atomic E-state index is 12.2. The molecule has 2 aromatic rings. The molecule has 21 heavy (non-hydrogen) atoms. The van der Waals surface area contributed by atoms with E-state index in [1.807, 2.05) is 31.2 Å². The molecular formula is C16H16BNO3. The molecule has 5 heteroatoms. The molecule has 1 aromatic carbocycles. The highest BCUT2D eigenvalue weighted by atomic mass is 16.5. The van der Waals surface area contributed by atoms with Crippen molar-refractivity contribution in [3.05, 3.63) is 58.9 Å². The Morgan fingerprint density at radius 3 is 3.00 bits per heavy atom. The monoisotopic (exact) mass is 281 g/mol. The minimum atomic E-state index is -0.888. The number of carbonyl (C=O) groups is 1. The van der Waals surface area contributed by atoms with Gasteiger partial charge in [0, 0.05) is 19.2 Å². The summed E-state index contributed by atoms with van der Waals surface area (Å²) < 4.78 is 5.22. The average Bonchev–Trinajstić information content (AvgIpc) is 2.49. The Labute approximate surface area is 123 Å². The maximum Gasteiger partial charge on any atom is 0.491 e. The van der Waals surface area contributed by atoms with Gasteiger partial charge in [0.05, 0.1) is 0 Å². The van der Waals surface area contributed by atoms with Crippen molar-refractivity contribution in [2.75, 3.05) is 6.61 Å². The molecule has 0 unspecified atom stereocenters. The molecular weight excluding hydrogens is 265 g/mol. The number of aryl methyl sites for hydroxylation is 1. The number of benzene rings is 1. The van der Waals surface area contributed by atoms with E-state index >= 15 is 0 Å². The molecule has 1 aliphatic heterocycles. The van der Waals surface area contributed by atoms with Crippen molar-refractivity contribution >= 4 is 18.4 Å². The van der Waals surface area contributed by atoms with Crippen molar-refractivity contribution in [1.82, 2.24) is 4.98 Å². The topological polar surface area (TPSA) is 59.4 Å². The van der Waals surface area contributed by atoms with Crippen molar-refractivity contribution in [1.29, 1.82) is 0 Å². The third kappa shape index (κ3) is 3.04. The third-order valence-electron chi connectivity index (χ3n) is 3.69. The van der Waals surface area contributed by atoms with E-state index in [1.165, 1.54) is 0 Å². The first-order chi connectivity index (χ1) is 10.1. The number of carbonyl (C=O) groups excluding carboxylic acids is 1. The number of ketones is 1. The van der Waals surface area contributed by atoms with E-state index in [4.69, 9.17) is 4.65 Å². The van der Waals surface area contributed by atoms with E-state index in [0.717, 1.165) is 28.6 Å². The maximum absolute atomic E-state index is 12.2. The summed E-state index contributed by atoms with van der Waals surface area (Å²) in [7, 11) is -0.888. The normalized spacial score (nSPS) is 13.9. The third-order valence-corrected chi connectivity index (χ3v) is 3.69. The SMILES string of the molecule is Cc1ccc(C(=O)Cc2ccc3c(c2)B(O)OCC3)nc1. The van der Waals surface area contributed by atoms with E-state index < -0.39 is 7.12 Å². The van der Waals surface area contributed by atoms with Gasteiger partial charge >= 0.3 is 7.12 Å². The van der Waals surface area contributed by atoms with Gasteiger partial charge in [-0.3, -0.25) is 9.78 Å². The number of Topliss-reactive ketones (excluding diaryl/α,β-unsaturated/α-hetero) is 1. The van der Waals surface area contributed by atoms with Crippen LogP contribution in [0.5, 0.6) is 0 Å². The number of aromatic nitrogens is 1. The van der Waals surface area contributed by atoms with Crippen molar-refractivity contribution < 1.29 is 14.5 Å². The van der Waals surface area contributed by atoms with E-state index in [9.17, 15) is 9.82 Å². The van der Waals surface area contributed by atoms with Crippen LogP contribution in [-0.4, -0.2) is 29.5 Å². The van der Waals surface area contributed by atoms with Gasteiger partial charge in [-0.25, -0.2) is 0 Å². The molecule has 0 radical (unpaired) electrons. The highest BCUT2D eigenvalue weighted by Gasteiger charge is 2.25. The van der Waals surface area contributed by atoms with Crippen LogP contribution < -0.4 is 5.46 Å². The molecule has 2 heterocycles. The molecule has 0 bridgehead atoms. The molecule has 106 valence electrons. The molecule has 0 saturated heterocycles. The fourth-order valence-electron chi connectivity index (χ4n) is 2.49. The predicted octanol–water partition coefficient (Wildman–Crippen LogP) is 1.08. The summed E-state index contributed by atoms with van der Waals surface area (Å²) in [6.45, 7) is 2.46. The Morgan fingerprint density at radius 1 is 1.38 bits per heavy atom. The first-order valence-corrected chi connectivity index (χ1v) is 7.01. The summed E-state index contributed by atoms with van der Waals surface area (Å²) >= 11 is 0. The van der Waals surface area contributed by atoms with E-state index in [2.05, 4.69) is 4.98 Å². The van der Waals surface area contributed by atoms with Crippen LogP contribution in [0.1, 0.15) is 27.2 Å². The summed E-state index contributed by atoms with van der Waals surface area (Å²) in [4.78, 5) is 16.4. The van der Waals surface area contributed by atoms with Gasteiger partial charge in [0.2, 0.25) is 0 Å². The van der Waals surface area contributed by atoms with Gasteiger partial charge in [0.1, 0.15) is 5.69 Å². The molecule has 0 amide bonds. The highest BCUT2D eigenvalue weighted by molar-refractivity contribution is 6.60. The lowest BCUT2D eigenvalue weighted by molar-refractivity contribution is 0.0988. The van der Waals surface area contributed by atoms with E-state index in [-0.39, 0.29) is 12.2 Å². The van der Waals surface area contributed by atoms with E-state index in [0.29, 0.717) is 12.3 Å². The molecule has 1 aromatic heterocycles. The molecule has 0 spiro atoms. The van der Waals surface area contributed by atoms with Crippen molar-refractivity contribution in [3.63, 3.8) is 0 Å². The molecule has 0 aliphatic carbocycles. The Morgan fingerprint density at radius 2 is 2.24 bits per heavy atom.